The summed E-state index contributed by atoms with van der Waals surface area (Å²) in [7, 11) is 0. The summed E-state index contributed by atoms with van der Waals surface area (Å²) in [5, 5.41) is 10.4. The highest BCUT2D eigenvalue weighted by molar-refractivity contribution is 6.13. The fraction of sp³-hybridized carbons (Fsp3) is 0.105. The van der Waals surface area contributed by atoms with Gasteiger partial charge in [0.2, 0.25) is 12.7 Å². The fourth-order valence-corrected chi connectivity index (χ4v) is 2.52. The number of ether oxygens (including phenoxy) is 4. The largest absolute Gasteiger partial charge is 0.546 e. The van der Waals surface area contributed by atoms with Gasteiger partial charge in [-0.1, -0.05) is 12.1 Å². The van der Waals surface area contributed by atoms with E-state index in [9.17, 15) is 14.7 Å². The molecule has 0 fully saturated rings. The number of aliphatic imine (C=N–C) groups is 1. The lowest BCUT2D eigenvalue weighted by molar-refractivity contribution is -0.307. The van der Waals surface area contributed by atoms with Gasteiger partial charge in [0.05, 0.1) is 5.97 Å². The zero-order chi connectivity index (χ0) is 18.8. The zero-order valence-electron chi connectivity index (χ0n) is 13.8. The Morgan fingerprint density at radius 1 is 1.15 bits per heavy atom. The maximum absolute atomic E-state index is 12.1. The van der Waals surface area contributed by atoms with Crippen molar-refractivity contribution in [2.45, 2.75) is 0 Å². The molecule has 0 saturated heterocycles. The van der Waals surface area contributed by atoms with E-state index in [1.807, 2.05) is 0 Å². The summed E-state index contributed by atoms with van der Waals surface area (Å²) in [5.74, 6) is -0.130. The Balaban J connectivity index is 1.53. The molecule has 0 radical (unpaired) electrons. The van der Waals surface area contributed by atoms with Crippen LogP contribution < -0.4 is 19.3 Å². The number of fused-ring (bicyclic) bond motifs is 1. The van der Waals surface area contributed by atoms with Crippen LogP contribution in [0.4, 0.5) is 0 Å². The van der Waals surface area contributed by atoms with Gasteiger partial charge in [0.15, 0.2) is 17.2 Å². The number of carbonyl (C=O) groups is 2. The Morgan fingerprint density at radius 3 is 2.70 bits per heavy atom. The number of hydrogen-bond donors (Lipinski definition) is 0. The normalized spacial score (nSPS) is 16.2. The van der Waals surface area contributed by atoms with Gasteiger partial charge in [-0.15, -0.1) is 0 Å². The minimum atomic E-state index is -1.31. The van der Waals surface area contributed by atoms with E-state index < -0.39 is 18.5 Å². The second-order valence-corrected chi connectivity index (χ2v) is 5.63. The molecule has 136 valence electrons. The molecule has 8 nitrogen and oxygen atoms in total. The lowest BCUT2D eigenvalue weighted by atomic mass is 10.2. The summed E-state index contributed by atoms with van der Waals surface area (Å²) >= 11 is 0. The smallest absolute Gasteiger partial charge is 0.363 e. The van der Waals surface area contributed by atoms with Gasteiger partial charge in [-0.25, -0.2) is 9.79 Å². The molecule has 2 aromatic rings. The van der Waals surface area contributed by atoms with Gasteiger partial charge < -0.3 is 28.8 Å². The quantitative estimate of drug-likeness (QED) is 0.571. The zero-order valence-corrected chi connectivity index (χ0v) is 13.8. The number of rotatable bonds is 5. The van der Waals surface area contributed by atoms with Crippen molar-refractivity contribution in [1.29, 1.82) is 0 Å². The number of carbonyl (C=O) groups excluding carboxylic acids is 2. The van der Waals surface area contributed by atoms with Crippen LogP contribution in [-0.4, -0.2) is 31.2 Å². The third-order valence-electron chi connectivity index (χ3n) is 3.78. The van der Waals surface area contributed by atoms with E-state index in [1.165, 1.54) is 0 Å². The molecule has 2 aliphatic rings. The third-order valence-corrected chi connectivity index (χ3v) is 3.78. The average molecular weight is 366 g/mol. The minimum absolute atomic E-state index is 0.145. The molecule has 0 amide bonds. The first-order chi connectivity index (χ1) is 13.1. The van der Waals surface area contributed by atoms with E-state index in [0.29, 0.717) is 28.4 Å². The van der Waals surface area contributed by atoms with Gasteiger partial charge in [-0.2, -0.15) is 0 Å². The lowest BCUT2D eigenvalue weighted by Gasteiger charge is -2.06. The van der Waals surface area contributed by atoms with E-state index >= 15 is 0 Å². The van der Waals surface area contributed by atoms with Crippen LogP contribution in [0.1, 0.15) is 11.1 Å². The maximum atomic E-state index is 12.1. The van der Waals surface area contributed by atoms with Crippen LogP contribution in [0.2, 0.25) is 0 Å². The van der Waals surface area contributed by atoms with E-state index in [0.717, 1.165) is 0 Å². The van der Waals surface area contributed by atoms with Crippen LogP contribution in [0, 0.1) is 0 Å². The number of benzene rings is 2. The Hall–Kier alpha value is -3.81. The van der Waals surface area contributed by atoms with Crippen LogP contribution in [0.15, 0.2) is 53.2 Å². The van der Waals surface area contributed by atoms with Crippen LogP contribution in [0.5, 0.6) is 17.2 Å². The summed E-state index contributed by atoms with van der Waals surface area (Å²) < 4.78 is 20.8. The first-order valence-corrected chi connectivity index (χ1v) is 7.94. The molecule has 0 N–H and O–H groups in total. The second kappa shape index (κ2) is 6.83. The average Bonchev–Trinajstić information content (AvgIpc) is 3.27. The van der Waals surface area contributed by atoms with Crippen LogP contribution in [0.3, 0.4) is 0 Å². The minimum Gasteiger partial charge on any atom is -0.546 e. The summed E-state index contributed by atoms with van der Waals surface area (Å²) in [5.41, 5.74) is 1.42. The third kappa shape index (κ3) is 3.59. The maximum Gasteiger partial charge on any atom is 0.363 e. The van der Waals surface area contributed by atoms with Gasteiger partial charge in [0, 0.05) is 5.56 Å². The van der Waals surface area contributed by atoms with Crippen molar-refractivity contribution < 1.29 is 33.6 Å². The molecule has 0 saturated carbocycles. The highest BCUT2D eigenvalue weighted by atomic mass is 16.7. The number of nitrogens with zero attached hydrogens (tertiary/aromatic N) is 1. The van der Waals surface area contributed by atoms with Crippen molar-refractivity contribution in [3.8, 4) is 17.2 Å². The van der Waals surface area contributed by atoms with Crippen molar-refractivity contribution in [2.75, 3.05) is 13.4 Å². The van der Waals surface area contributed by atoms with Gasteiger partial charge in [0.25, 0.3) is 0 Å². The summed E-state index contributed by atoms with van der Waals surface area (Å²) in [6.45, 7) is -0.380. The molecule has 2 aliphatic heterocycles. The number of cyclic esters (lactones) is 1. The molecule has 8 heteroatoms. The first-order valence-electron chi connectivity index (χ1n) is 7.94. The Labute approximate surface area is 153 Å². The molecule has 0 atom stereocenters. The lowest BCUT2D eigenvalue weighted by Crippen LogP contribution is -2.28. The van der Waals surface area contributed by atoms with Gasteiger partial charge in [-0.05, 0) is 42.0 Å². The summed E-state index contributed by atoms with van der Waals surface area (Å²) in [6, 6.07) is 11.6. The molecule has 2 aromatic carbocycles. The molecular weight excluding hydrogens is 354 g/mol. The van der Waals surface area contributed by atoms with E-state index in [-0.39, 0.29) is 18.4 Å². The van der Waals surface area contributed by atoms with Crippen molar-refractivity contribution in [2.24, 2.45) is 4.99 Å². The molecular formula is C19H12NO7-. The summed E-state index contributed by atoms with van der Waals surface area (Å²) in [4.78, 5) is 26.7. The predicted octanol–water partition coefficient (Wildman–Crippen LogP) is 0.888. The highest BCUT2D eigenvalue weighted by Gasteiger charge is 2.25. The molecule has 0 unspecified atom stereocenters. The number of carboxylic acid groups (broad SMARTS) is 1. The molecule has 0 bridgehead atoms. The van der Waals surface area contributed by atoms with Crippen molar-refractivity contribution in [1.82, 2.24) is 0 Å². The predicted molar refractivity (Wildman–Crippen MR) is 90.1 cm³/mol. The van der Waals surface area contributed by atoms with E-state index in [1.54, 1.807) is 48.5 Å². The number of esters is 1. The van der Waals surface area contributed by atoms with Crippen LogP contribution in [-0.2, 0) is 14.3 Å². The molecule has 0 spiro atoms. The molecule has 0 aromatic heterocycles. The van der Waals surface area contributed by atoms with Crippen LogP contribution >= 0.6 is 0 Å². The van der Waals surface area contributed by atoms with Crippen molar-refractivity contribution in [3.63, 3.8) is 0 Å². The van der Waals surface area contributed by atoms with Gasteiger partial charge in [0.1, 0.15) is 12.4 Å². The van der Waals surface area contributed by atoms with Crippen molar-refractivity contribution in [3.05, 3.63) is 59.3 Å². The van der Waals surface area contributed by atoms with Gasteiger partial charge in [-0.3, -0.25) is 0 Å². The standard InChI is InChI=1S/C19H13NO7/c21-17(22)9-24-13-4-1-11(2-5-13)7-14-19(23)27-18(20-14)12-3-6-15-16(8-12)26-10-25-15/h1-8H,9-10H2,(H,21,22)/p-1/b14-7-. The van der Waals surface area contributed by atoms with Crippen molar-refractivity contribution >= 4 is 23.9 Å². The van der Waals surface area contributed by atoms with E-state index in [2.05, 4.69) is 4.99 Å². The fourth-order valence-electron chi connectivity index (χ4n) is 2.52. The first kappa shape index (κ1) is 16.6. The molecule has 2 heterocycles. The summed E-state index contributed by atoms with van der Waals surface area (Å²) in [6.07, 6.45) is 1.56. The Bertz CT molecular complexity index is 976. The SMILES string of the molecule is O=C([O-])COc1ccc(/C=C2\N=C(c3ccc4c(c3)OCO4)OC2=O)cc1. The highest BCUT2D eigenvalue weighted by Crippen LogP contribution is 2.33. The number of carboxylic acids is 1. The topological polar surface area (TPSA) is 106 Å². The van der Waals surface area contributed by atoms with E-state index in [4.69, 9.17) is 18.9 Å². The molecule has 27 heavy (non-hydrogen) atoms. The second-order valence-electron chi connectivity index (χ2n) is 5.63. The monoisotopic (exact) mass is 366 g/mol. The number of hydrogen-bond acceptors (Lipinski definition) is 8. The van der Waals surface area contributed by atoms with Crippen LogP contribution in [0.25, 0.3) is 6.08 Å². The molecule has 4 rings (SSSR count). The Morgan fingerprint density at radius 2 is 1.93 bits per heavy atom. The molecule has 0 aliphatic carbocycles. The van der Waals surface area contributed by atoms with Gasteiger partial charge >= 0.3 is 5.97 Å². The number of aliphatic carboxylic acids is 1. The Kier molecular flexibility index (Phi) is 4.21.